The van der Waals surface area contributed by atoms with Crippen molar-refractivity contribution in [1.29, 1.82) is 0 Å². The van der Waals surface area contributed by atoms with E-state index in [1.807, 2.05) is 18.2 Å². The van der Waals surface area contributed by atoms with Gasteiger partial charge in [0.2, 0.25) is 12.7 Å². The number of thioether (sulfide) groups is 1. The van der Waals surface area contributed by atoms with E-state index in [1.54, 1.807) is 23.4 Å². The lowest BCUT2D eigenvalue weighted by molar-refractivity contribution is -0.198. The predicted octanol–water partition coefficient (Wildman–Crippen LogP) is 4.06. The minimum atomic E-state index is -0.449. The van der Waals surface area contributed by atoms with Gasteiger partial charge >= 0.3 is 0 Å². The average molecular weight is 521 g/mol. The Morgan fingerprint density at radius 1 is 1.28 bits per heavy atom. The number of fused-ring (bicyclic) bond motifs is 1. The number of aryl methyl sites for hydroxylation is 1. The normalized spacial score (nSPS) is 11.9. The number of hydrogen-bond acceptors (Lipinski definition) is 10. The number of aliphatic imine (C=N–C) groups is 1. The quantitative estimate of drug-likeness (QED) is 0.0988. The Hall–Kier alpha value is -3.09. The summed E-state index contributed by atoms with van der Waals surface area (Å²) < 4.78 is 22.6. The number of benzene rings is 1. The first-order chi connectivity index (χ1) is 17.5. The number of pyridine rings is 1. The van der Waals surface area contributed by atoms with Crippen molar-refractivity contribution in [3.05, 3.63) is 30.0 Å². The third-order valence-electron chi connectivity index (χ3n) is 5.69. The topological polar surface area (TPSA) is 123 Å². The van der Waals surface area contributed by atoms with Crippen molar-refractivity contribution in [2.45, 2.75) is 43.9 Å². The summed E-state index contributed by atoms with van der Waals surface area (Å²) in [6, 6.07) is 5.91. The molecule has 0 saturated carbocycles. The molecule has 0 atom stereocenters. The smallest absolute Gasteiger partial charge is 0.246 e. The van der Waals surface area contributed by atoms with Gasteiger partial charge in [0.05, 0.1) is 11.6 Å². The van der Waals surface area contributed by atoms with Gasteiger partial charge in [0.1, 0.15) is 5.69 Å². The molecule has 1 amide bonds. The van der Waals surface area contributed by atoms with Gasteiger partial charge < -0.3 is 25.4 Å². The zero-order valence-corrected chi connectivity index (χ0v) is 21.2. The number of nitrogens with one attached hydrogen (secondary N) is 2. The van der Waals surface area contributed by atoms with Gasteiger partial charge in [-0.15, -0.1) is 11.8 Å². The number of anilines is 2. The highest BCUT2D eigenvalue weighted by Crippen LogP contribution is 2.39. The van der Waals surface area contributed by atoms with Crippen molar-refractivity contribution in [3.8, 4) is 11.5 Å². The summed E-state index contributed by atoms with van der Waals surface area (Å²) in [6.07, 6.45) is 5.47. The molecule has 2 aromatic rings. The number of amides is 1. The minimum Gasteiger partial charge on any atom is -0.454 e. The van der Waals surface area contributed by atoms with Crippen molar-refractivity contribution in [2.24, 2.45) is 4.99 Å². The number of aromatic nitrogens is 1. The van der Waals surface area contributed by atoms with Crippen molar-refractivity contribution < 1.29 is 23.8 Å². The SMILES string of the molecule is C=Nc1c(N(CCNCCCCCCC(=O)NOF)CSc2cc3c(cc2C)OCO3)ccnc1N. The molecule has 1 aliphatic heterocycles. The van der Waals surface area contributed by atoms with E-state index in [1.165, 1.54) is 0 Å². The molecule has 36 heavy (non-hydrogen) atoms. The number of hydroxylamine groups is 1. The zero-order chi connectivity index (χ0) is 25.8. The number of carbonyl (C=O) groups is 1. The maximum absolute atomic E-state index is 11.5. The predicted molar refractivity (Wildman–Crippen MR) is 140 cm³/mol. The van der Waals surface area contributed by atoms with Gasteiger partial charge in [-0.05, 0) is 61.3 Å². The molecular weight excluding hydrogens is 487 g/mol. The van der Waals surface area contributed by atoms with Crippen LogP contribution in [0.3, 0.4) is 0 Å². The van der Waals surface area contributed by atoms with E-state index in [0.717, 1.165) is 66.5 Å². The third kappa shape index (κ3) is 7.97. The molecule has 3 rings (SSSR count). The second kappa shape index (κ2) is 14.5. The lowest BCUT2D eigenvalue weighted by Crippen LogP contribution is -2.32. The molecule has 1 aliphatic rings. The molecule has 12 heteroatoms. The van der Waals surface area contributed by atoms with Crippen LogP contribution in [0.15, 0.2) is 34.3 Å². The third-order valence-corrected chi connectivity index (χ3v) is 6.89. The first-order valence-electron chi connectivity index (χ1n) is 11.8. The van der Waals surface area contributed by atoms with Crippen LogP contribution in [0.1, 0.15) is 37.7 Å². The molecule has 0 radical (unpaired) electrons. The molecule has 10 nitrogen and oxygen atoms in total. The summed E-state index contributed by atoms with van der Waals surface area (Å²) in [5, 5.41) is 6.59. The Balaban J connectivity index is 1.51. The highest BCUT2D eigenvalue weighted by atomic mass is 32.2. The fourth-order valence-electron chi connectivity index (χ4n) is 3.78. The number of hydrogen-bond donors (Lipinski definition) is 3. The second-order valence-electron chi connectivity index (χ2n) is 8.25. The minimum absolute atomic E-state index is 0.245. The summed E-state index contributed by atoms with van der Waals surface area (Å²) in [7, 11) is 0. The van der Waals surface area contributed by atoms with Crippen LogP contribution in [-0.4, -0.2) is 49.9 Å². The molecule has 0 aliphatic carbocycles. The molecule has 0 spiro atoms. The number of ether oxygens (including phenoxy) is 2. The van der Waals surface area contributed by atoms with E-state index in [0.29, 0.717) is 23.8 Å². The fraction of sp³-hybridized carbons (Fsp3) is 0.458. The number of unbranched alkanes of at least 4 members (excludes halogenated alkanes) is 3. The first kappa shape index (κ1) is 27.5. The molecule has 0 unspecified atom stereocenters. The van der Waals surface area contributed by atoms with Crippen LogP contribution >= 0.6 is 11.8 Å². The summed E-state index contributed by atoms with van der Waals surface area (Å²) in [5.74, 6) is 2.09. The van der Waals surface area contributed by atoms with Crippen molar-refractivity contribution in [3.63, 3.8) is 0 Å². The second-order valence-corrected chi connectivity index (χ2v) is 9.23. The van der Waals surface area contributed by atoms with Crippen molar-refractivity contribution >= 4 is 41.6 Å². The van der Waals surface area contributed by atoms with Crippen molar-refractivity contribution in [2.75, 3.05) is 42.9 Å². The first-order valence-corrected chi connectivity index (χ1v) is 12.8. The summed E-state index contributed by atoms with van der Waals surface area (Å²) in [5.41, 5.74) is 10.3. The Morgan fingerprint density at radius 2 is 2.06 bits per heavy atom. The molecule has 4 N–H and O–H groups in total. The Morgan fingerprint density at radius 3 is 2.83 bits per heavy atom. The molecule has 2 heterocycles. The summed E-state index contributed by atoms with van der Waals surface area (Å²) >= 11 is 1.70. The van der Waals surface area contributed by atoms with E-state index in [9.17, 15) is 9.32 Å². The Labute approximate surface area is 214 Å². The number of carbonyl (C=O) groups excluding carboxylic acids is 1. The molecule has 196 valence electrons. The van der Waals surface area contributed by atoms with E-state index in [2.05, 4.69) is 38.9 Å². The molecule has 1 aromatic heterocycles. The molecule has 0 saturated heterocycles. The zero-order valence-electron chi connectivity index (χ0n) is 20.4. The number of halogens is 1. The number of rotatable bonds is 16. The molecular formula is C24H33FN6O4S. The molecule has 0 fully saturated rings. The van der Waals surface area contributed by atoms with Crippen LogP contribution in [-0.2, 0) is 9.84 Å². The van der Waals surface area contributed by atoms with Crippen LogP contribution in [0.4, 0.5) is 21.7 Å². The summed E-state index contributed by atoms with van der Waals surface area (Å²) in [4.78, 5) is 22.7. The number of nitrogen functional groups attached to an aromatic ring is 1. The number of nitrogens with two attached hydrogens (primary N) is 1. The maximum atomic E-state index is 11.5. The highest BCUT2D eigenvalue weighted by Gasteiger charge is 2.18. The van der Waals surface area contributed by atoms with Gasteiger partial charge in [-0.1, -0.05) is 17.9 Å². The van der Waals surface area contributed by atoms with Crippen LogP contribution in [0, 0.1) is 6.92 Å². The lowest BCUT2D eigenvalue weighted by atomic mass is 10.1. The van der Waals surface area contributed by atoms with Gasteiger partial charge in [-0.2, -0.15) is 5.48 Å². The van der Waals surface area contributed by atoms with E-state index in [-0.39, 0.29) is 13.2 Å². The highest BCUT2D eigenvalue weighted by molar-refractivity contribution is 7.99. The van der Waals surface area contributed by atoms with Crippen LogP contribution < -0.4 is 30.9 Å². The average Bonchev–Trinajstić information content (AvgIpc) is 3.31. The standard InChI is InChI=1S/C24H33FN6O4S/c1-17-13-19-20(34-16-33-19)14-21(17)36-15-31(18-8-10-29-24(26)23(18)27-2)12-11-28-9-6-4-3-5-7-22(32)30-35-25/h8,10,13-14,28H,2-7,9,11-12,15-16H2,1H3,(H2,26,29)(H,30,32). The lowest BCUT2D eigenvalue weighted by Gasteiger charge is -2.26. The van der Waals surface area contributed by atoms with E-state index >= 15 is 0 Å². The van der Waals surface area contributed by atoms with Crippen LogP contribution in [0.5, 0.6) is 11.5 Å². The van der Waals surface area contributed by atoms with Crippen LogP contribution in [0.25, 0.3) is 0 Å². The monoisotopic (exact) mass is 520 g/mol. The number of nitrogens with zero attached hydrogens (tertiary/aromatic N) is 3. The maximum Gasteiger partial charge on any atom is 0.246 e. The van der Waals surface area contributed by atoms with Crippen LogP contribution in [0.2, 0.25) is 0 Å². The van der Waals surface area contributed by atoms with Gasteiger partial charge in [-0.3, -0.25) is 9.79 Å². The molecule has 0 bridgehead atoms. The molecule has 1 aromatic carbocycles. The summed E-state index contributed by atoms with van der Waals surface area (Å²) in [6.45, 7) is 8.31. The van der Waals surface area contributed by atoms with Crippen molar-refractivity contribution in [1.82, 2.24) is 15.8 Å². The van der Waals surface area contributed by atoms with Gasteiger partial charge in [0.15, 0.2) is 17.3 Å². The Kier molecular flexibility index (Phi) is 11.0. The largest absolute Gasteiger partial charge is 0.454 e. The van der Waals surface area contributed by atoms with Gasteiger partial charge in [0, 0.05) is 30.6 Å². The van der Waals surface area contributed by atoms with E-state index in [4.69, 9.17) is 15.2 Å². The fourth-order valence-corrected chi connectivity index (χ4v) is 4.82. The Bertz CT molecular complexity index is 1030. The van der Waals surface area contributed by atoms with Gasteiger partial charge in [0.25, 0.3) is 0 Å². The van der Waals surface area contributed by atoms with Gasteiger partial charge in [-0.25, -0.2) is 4.98 Å². The van der Waals surface area contributed by atoms with E-state index < -0.39 is 5.91 Å².